The molecule has 1 aromatic rings. The van der Waals surface area contributed by atoms with Gasteiger partial charge in [-0.25, -0.2) is 0 Å². The van der Waals surface area contributed by atoms with Crippen molar-refractivity contribution in [3.05, 3.63) is 28.8 Å². The third kappa shape index (κ3) is 3.13. The van der Waals surface area contributed by atoms with E-state index in [0.29, 0.717) is 11.4 Å². The quantitative estimate of drug-likeness (QED) is 0.883. The first-order chi connectivity index (χ1) is 8.72. The average molecular weight is 273 g/mol. The first kappa shape index (κ1) is 13.6. The van der Waals surface area contributed by atoms with E-state index in [9.17, 15) is 9.50 Å². The van der Waals surface area contributed by atoms with Crippen LogP contribution in [0.4, 0.5) is 4.39 Å². The summed E-state index contributed by atoms with van der Waals surface area (Å²) in [6.07, 6.45) is 0.459. The van der Waals surface area contributed by atoms with Crippen molar-refractivity contribution in [3.63, 3.8) is 0 Å². The van der Waals surface area contributed by atoms with Gasteiger partial charge in [0.1, 0.15) is 5.75 Å². The van der Waals surface area contributed by atoms with Crippen molar-refractivity contribution in [1.82, 2.24) is 10.2 Å². The number of benzene rings is 1. The van der Waals surface area contributed by atoms with E-state index in [1.807, 2.05) is 6.07 Å². The fourth-order valence-corrected chi connectivity index (χ4v) is 2.58. The van der Waals surface area contributed by atoms with Gasteiger partial charge < -0.3 is 10.4 Å². The topological polar surface area (TPSA) is 35.5 Å². The van der Waals surface area contributed by atoms with Crippen LogP contribution in [0.15, 0.2) is 18.2 Å². The lowest BCUT2D eigenvalue weighted by molar-refractivity contribution is 0.157. The van der Waals surface area contributed by atoms with Gasteiger partial charge in [-0.3, -0.25) is 9.29 Å². The summed E-state index contributed by atoms with van der Waals surface area (Å²) in [5.74, 6) is 0.0692. The predicted octanol–water partition coefficient (Wildman–Crippen LogP) is 2.35. The molecule has 3 nitrogen and oxygen atoms in total. The lowest BCUT2D eigenvalue weighted by atomic mass is 10.0. The SMILES string of the molecule is Oc1ccc([C@@H](CCF)N2CCNCC2)cc1Cl. The fraction of sp³-hybridized carbons (Fsp3) is 0.538. The van der Waals surface area contributed by atoms with Crippen molar-refractivity contribution < 1.29 is 9.50 Å². The molecule has 1 atom stereocenters. The Morgan fingerprint density at radius 3 is 2.72 bits per heavy atom. The van der Waals surface area contributed by atoms with E-state index in [4.69, 9.17) is 11.6 Å². The number of nitrogens with one attached hydrogen (secondary N) is 1. The summed E-state index contributed by atoms with van der Waals surface area (Å²) in [5.41, 5.74) is 0.970. The molecule has 0 bridgehead atoms. The van der Waals surface area contributed by atoms with Crippen LogP contribution < -0.4 is 5.32 Å². The van der Waals surface area contributed by atoms with Crippen molar-refractivity contribution in [3.8, 4) is 5.75 Å². The van der Waals surface area contributed by atoms with E-state index in [-0.39, 0.29) is 18.5 Å². The second-order valence-corrected chi connectivity index (χ2v) is 4.90. The number of nitrogens with zero attached hydrogens (tertiary/aromatic N) is 1. The summed E-state index contributed by atoms with van der Waals surface area (Å²) in [4.78, 5) is 2.26. The van der Waals surface area contributed by atoms with Gasteiger partial charge in [-0.05, 0) is 24.1 Å². The molecule has 0 aromatic heterocycles. The Kier molecular flexibility index (Phi) is 4.80. The summed E-state index contributed by atoms with van der Waals surface area (Å²) in [6, 6.07) is 5.17. The Morgan fingerprint density at radius 2 is 2.11 bits per heavy atom. The molecule has 1 saturated heterocycles. The minimum atomic E-state index is -0.354. The molecule has 1 aromatic carbocycles. The molecule has 100 valence electrons. The Labute approximate surface area is 112 Å². The Morgan fingerprint density at radius 1 is 1.39 bits per heavy atom. The molecule has 1 aliphatic rings. The zero-order chi connectivity index (χ0) is 13.0. The molecule has 1 fully saturated rings. The van der Waals surface area contributed by atoms with Crippen molar-refractivity contribution in [2.75, 3.05) is 32.9 Å². The third-order valence-electron chi connectivity index (χ3n) is 3.33. The largest absolute Gasteiger partial charge is 0.506 e. The maximum atomic E-state index is 12.7. The van der Waals surface area contributed by atoms with Crippen LogP contribution >= 0.6 is 11.6 Å². The number of hydrogen-bond donors (Lipinski definition) is 2. The Balaban J connectivity index is 2.19. The molecule has 1 aliphatic heterocycles. The minimum absolute atomic E-state index is 0.0372. The van der Waals surface area contributed by atoms with Crippen LogP contribution in [-0.2, 0) is 0 Å². The molecule has 0 amide bonds. The zero-order valence-electron chi connectivity index (χ0n) is 10.2. The maximum Gasteiger partial charge on any atom is 0.134 e. The van der Waals surface area contributed by atoms with E-state index in [0.717, 1.165) is 31.7 Å². The Bertz CT molecular complexity index is 397. The second kappa shape index (κ2) is 6.36. The van der Waals surface area contributed by atoms with Crippen molar-refractivity contribution in [1.29, 1.82) is 0 Å². The second-order valence-electron chi connectivity index (χ2n) is 4.49. The fourth-order valence-electron chi connectivity index (χ4n) is 2.39. The molecule has 18 heavy (non-hydrogen) atoms. The van der Waals surface area contributed by atoms with Gasteiger partial charge in [-0.1, -0.05) is 17.7 Å². The normalized spacial score (nSPS) is 18.8. The van der Waals surface area contributed by atoms with Gasteiger partial charge in [0.25, 0.3) is 0 Å². The highest BCUT2D eigenvalue weighted by Gasteiger charge is 2.22. The van der Waals surface area contributed by atoms with Crippen LogP contribution in [0.3, 0.4) is 0 Å². The van der Waals surface area contributed by atoms with E-state index in [1.54, 1.807) is 12.1 Å². The third-order valence-corrected chi connectivity index (χ3v) is 3.63. The summed E-state index contributed by atoms with van der Waals surface area (Å²) in [5, 5.41) is 13.0. The lowest BCUT2D eigenvalue weighted by Crippen LogP contribution is -2.45. The number of alkyl halides is 1. The summed E-state index contributed by atoms with van der Waals surface area (Å²) >= 11 is 5.92. The first-order valence-corrected chi connectivity index (χ1v) is 6.59. The highest BCUT2D eigenvalue weighted by Crippen LogP contribution is 2.31. The number of hydrogen-bond acceptors (Lipinski definition) is 3. The Hall–Kier alpha value is -0.840. The van der Waals surface area contributed by atoms with Gasteiger partial charge in [0.2, 0.25) is 0 Å². The van der Waals surface area contributed by atoms with E-state index in [2.05, 4.69) is 10.2 Å². The molecular formula is C13H18ClFN2O. The molecule has 0 saturated carbocycles. The molecule has 0 spiro atoms. The summed E-state index contributed by atoms with van der Waals surface area (Å²) in [7, 11) is 0. The standard InChI is InChI=1S/C13H18ClFN2O/c14-11-9-10(1-2-13(11)18)12(3-4-15)17-7-5-16-6-8-17/h1-2,9,12,16,18H,3-8H2/t12-/m1/s1. The first-order valence-electron chi connectivity index (χ1n) is 6.21. The zero-order valence-corrected chi connectivity index (χ0v) is 11.0. The van der Waals surface area contributed by atoms with Crippen molar-refractivity contribution in [2.45, 2.75) is 12.5 Å². The van der Waals surface area contributed by atoms with Gasteiger partial charge in [0.05, 0.1) is 11.7 Å². The maximum absolute atomic E-state index is 12.7. The van der Waals surface area contributed by atoms with Gasteiger partial charge >= 0.3 is 0 Å². The number of phenols is 1. The molecule has 0 unspecified atom stereocenters. The number of rotatable bonds is 4. The number of halogens is 2. The molecule has 5 heteroatoms. The average Bonchev–Trinajstić information content (AvgIpc) is 2.40. The predicted molar refractivity (Wildman–Crippen MR) is 70.9 cm³/mol. The molecule has 0 radical (unpaired) electrons. The number of aromatic hydroxyl groups is 1. The van der Waals surface area contributed by atoms with Crippen LogP contribution in [0.5, 0.6) is 5.75 Å². The van der Waals surface area contributed by atoms with E-state index >= 15 is 0 Å². The highest BCUT2D eigenvalue weighted by atomic mass is 35.5. The minimum Gasteiger partial charge on any atom is -0.506 e. The van der Waals surface area contributed by atoms with Crippen LogP contribution in [-0.4, -0.2) is 42.9 Å². The van der Waals surface area contributed by atoms with Gasteiger partial charge in [0.15, 0.2) is 0 Å². The summed E-state index contributed by atoms with van der Waals surface area (Å²) in [6.45, 7) is 3.31. The van der Waals surface area contributed by atoms with E-state index in [1.165, 1.54) is 0 Å². The number of piperazine rings is 1. The van der Waals surface area contributed by atoms with Crippen LogP contribution in [0, 0.1) is 0 Å². The smallest absolute Gasteiger partial charge is 0.134 e. The lowest BCUT2D eigenvalue weighted by Gasteiger charge is -2.35. The highest BCUT2D eigenvalue weighted by molar-refractivity contribution is 6.32. The monoisotopic (exact) mass is 272 g/mol. The van der Waals surface area contributed by atoms with Gasteiger partial charge in [-0.15, -0.1) is 0 Å². The van der Waals surface area contributed by atoms with Gasteiger partial charge in [0, 0.05) is 32.2 Å². The summed E-state index contributed by atoms with van der Waals surface area (Å²) < 4.78 is 12.7. The van der Waals surface area contributed by atoms with Gasteiger partial charge in [-0.2, -0.15) is 0 Å². The number of phenolic OH excluding ortho intramolecular Hbond substituents is 1. The van der Waals surface area contributed by atoms with Crippen LogP contribution in [0.25, 0.3) is 0 Å². The molecule has 1 heterocycles. The van der Waals surface area contributed by atoms with Crippen molar-refractivity contribution in [2.24, 2.45) is 0 Å². The van der Waals surface area contributed by atoms with Crippen LogP contribution in [0.1, 0.15) is 18.0 Å². The molecule has 0 aliphatic carbocycles. The molecule has 2 rings (SSSR count). The van der Waals surface area contributed by atoms with Crippen molar-refractivity contribution >= 4 is 11.6 Å². The molecular weight excluding hydrogens is 255 g/mol. The van der Waals surface area contributed by atoms with Crippen LogP contribution in [0.2, 0.25) is 5.02 Å². The van der Waals surface area contributed by atoms with E-state index < -0.39 is 0 Å². The molecule has 2 N–H and O–H groups in total.